The topological polar surface area (TPSA) is 53.4 Å². The van der Waals surface area contributed by atoms with Gasteiger partial charge >= 0.3 is 0 Å². The van der Waals surface area contributed by atoms with Crippen molar-refractivity contribution in [1.82, 2.24) is 4.98 Å². The molecule has 0 aliphatic heterocycles. The predicted octanol–water partition coefficient (Wildman–Crippen LogP) is 1.45. The van der Waals surface area contributed by atoms with Gasteiger partial charge in [0.2, 0.25) is 0 Å². The fourth-order valence-electron chi connectivity index (χ4n) is 1.14. The van der Waals surface area contributed by atoms with E-state index < -0.39 is 0 Å². The van der Waals surface area contributed by atoms with E-state index in [0.717, 1.165) is 12.0 Å². The van der Waals surface area contributed by atoms with Crippen molar-refractivity contribution >= 4 is 0 Å². The molecule has 13 heavy (non-hydrogen) atoms. The zero-order valence-electron chi connectivity index (χ0n) is 7.99. The third-order valence-electron chi connectivity index (χ3n) is 2.15. The molecule has 72 valence electrons. The first-order valence-electron chi connectivity index (χ1n) is 4.47. The second-order valence-electron chi connectivity index (χ2n) is 3.17. The second-order valence-corrected chi connectivity index (χ2v) is 3.17. The van der Waals surface area contributed by atoms with Crippen LogP contribution in [0, 0.1) is 0 Å². The number of aryl methyl sites for hydroxylation is 1. The molecule has 1 atom stereocenters. The Morgan fingerprint density at radius 2 is 2.23 bits per heavy atom. The summed E-state index contributed by atoms with van der Waals surface area (Å²) in [5.74, 6) is 0.254. The molecule has 3 nitrogen and oxygen atoms in total. The van der Waals surface area contributed by atoms with Gasteiger partial charge in [-0.3, -0.25) is 4.98 Å². The molecule has 2 N–H and O–H groups in total. The van der Waals surface area contributed by atoms with Crippen LogP contribution in [-0.2, 0) is 6.42 Å². The van der Waals surface area contributed by atoms with E-state index in [1.165, 1.54) is 0 Å². The van der Waals surface area contributed by atoms with Crippen molar-refractivity contribution in [1.29, 1.82) is 0 Å². The Labute approximate surface area is 78.1 Å². The van der Waals surface area contributed by atoms with Gasteiger partial charge < -0.3 is 10.2 Å². The van der Waals surface area contributed by atoms with Crippen LogP contribution in [0.1, 0.15) is 31.0 Å². The SMILES string of the molecule is CCc1ncc(C(C)CO)cc1O. The molecule has 0 bridgehead atoms. The third-order valence-corrected chi connectivity index (χ3v) is 2.15. The van der Waals surface area contributed by atoms with E-state index in [9.17, 15) is 5.11 Å². The largest absolute Gasteiger partial charge is 0.506 e. The van der Waals surface area contributed by atoms with Gasteiger partial charge in [0.25, 0.3) is 0 Å². The standard InChI is InChI=1S/C10H15NO2/c1-3-9-10(13)4-8(5-11-9)7(2)6-12/h4-5,7,12-13H,3,6H2,1-2H3. The number of rotatable bonds is 3. The van der Waals surface area contributed by atoms with Crippen LogP contribution < -0.4 is 0 Å². The Morgan fingerprint density at radius 1 is 1.54 bits per heavy atom. The van der Waals surface area contributed by atoms with Crippen molar-refractivity contribution in [3.8, 4) is 5.75 Å². The van der Waals surface area contributed by atoms with Gasteiger partial charge in [-0.15, -0.1) is 0 Å². The van der Waals surface area contributed by atoms with Crippen molar-refractivity contribution < 1.29 is 10.2 Å². The number of hydrogen-bond donors (Lipinski definition) is 2. The first-order chi connectivity index (χ1) is 6.19. The average molecular weight is 181 g/mol. The summed E-state index contributed by atoms with van der Waals surface area (Å²) in [6.07, 6.45) is 2.43. The van der Waals surface area contributed by atoms with Gasteiger partial charge in [-0.1, -0.05) is 13.8 Å². The highest BCUT2D eigenvalue weighted by atomic mass is 16.3. The molecular weight excluding hydrogens is 166 g/mol. The van der Waals surface area contributed by atoms with Crippen molar-refractivity contribution in [2.24, 2.45) is 0 Å². The number of nitrogens with zero attached hydrogens (tertiary/aromatic N) is 1. The van der Waals surface area contributed by atoms with Crippen LogP contribution in [0.3, 0.4) is 0 Å². The fraction of sp³-hybridized carbons (Fsp3) is 0.500. The van der Waals surface area contributed by atoms with Gasteiger partial charge in [0.05, 0.1) is 5.69 Å². The van der Waals surface area contributed by atoms with Crippen molar-refractivity contribution in [3.63, 3.8) is 0 Å². The molecule has 1 rings (SSSR count). The Bertz CT molecular complexity index is 286. The maximum atomic E-state index is 9.49. The highest BCUT2D eigenvalue weighted by molar-refractivity contribution is 5.31. The van der Waals surface area contributed by atoms with Crippen molar-refractivity contribution in [2.75, 3.05) is 6.61 Å². The number of pyridine rings is 1. The van der Waals surface area contributed by atoms with E-state index in [2.05, 4.69) is 4.98 Å². The van der Waals surface area contributed by atoms with Crippen LogP contribution in [0.2, 0.25) is 0 Å². The summed E-state index contributed by atoms with van der Waals surface area (Å²) in [7, 11) is 0. The summed E-state index contributed by atoms with van der Waals surface area (Å²) in [6, 6.07) is 1.67. The van der Waals surface area contributed by atoms with E-state index in [0.29, 0.717) is 5.69 Å². The summed E-state index contributed by atoms with van der Waals surface area (Å²) in [5.41, 5.74) is 1.58. The minimum atomic E-state index is 0.0318. The maximum Gasteiger partial charge on any atom is 0.137 e. The molecule has 1 heterocycles. The molecule has 0 fully saturated rings. The predicted molar refractivity (Wildman–Crippen MR) is 50.8 cm³/mol. The molecular formula is C10H15NO2. The lowest BCUT2D eigenvalue weighted by Crippen LogP contribution is -2.00. The van der Waals surface area contributed by atoms with Crippen LogP contribution in [0.4, 0.5) is 0 Å². The summed E-state index contributed by atoms with van der Waals surface area (Å²) >= 11 is 0. The number of aliphatic hydroxyl groups excluding tert-OH is 1. The van der Waals surface area contributed by atoms with Crippen LogP contribution in [0.25, 0.3) is 0 Å². The summed E-state index contributed by atoms with van der Waals surface area (Å²) in [4.78, 5) is 4.10. The summed E-state index contributed by atoms with van der Waals surface area (Å²) < 4.78 is 0. The first-order valence-corrected chi connectivity index (χ1v) is 4.47. The number of aromatic hydroxyl groups is 1. The molecule has 1 aromatic heterocycles. The average Bonchev–Trinajstić information content (AvgIpc) is 2.16. The number of hydrogen-bond acceptors (Lipinski definition) is 3. The number of aliphatic hydroxyl groups is 1. The summed E-state index contributed by atoms with van der Waals surface area (Å²) in [5, 5.41) is 18.4. The van der Waals surface area contributed by atoms with Gasteiger partial charge in [0, 0.05) is 18.7 Å². The molecule has 0 spiro atoms. The van der Waals surface area contributed by atoms with Crippen LogP contribution >= 0.6 is 0 Å². The minimum absolute atomic E-state index is 0.0318. The third kappa shape index (κ3) is 2.18. The lowest BCUT2D eigenvalue weighted by atomic mass is 10.0. The molecule has 1 aromatic rings. The smallest absolute Gasteiger partial charge is 0.137 e. The second kappa shape index (κ2) is 4.23. The van der Waals surface area contributed by atoms with Crippen LogP contribution in [-0.4, -0.2) is 21.8 Å². The minimum Gasteiger partial charge on any atom is -0.506 e. The highest BCUT2D eigenvalue weighted by Gasteiger charge is 2.07. The molecule has 0 saturated heterocycles. The molecule has 0 saturated carbocycles. The Balaban J connectivity index is 2.95. The number of aromatic nitrogens is 1. The Morgan fingerprint density at radius 3 is 2.69 bits per heavy atom. The summed E-state index contributed by atoms with van der Waals surface area (Å²) in [6.45, 7) is 3.91. The molecule has 3 heteroatoms. The van der Waals surface area contributed by atoms with Crippen molar-refractivity contribution in [3.05, 3.63) is 23.5 Å². The van der Waals surface area contributed by atoms with Gasteiger partial charge in [0.1, 0.15) is 5.75 Å². The molecule has 0 aromatic carbocycles. The molecule has 0 aliphatic carbocycles. The van der Waals surface area contributed by atoms with Gasteiger partial charge in [-0.2, -0.15) is 0 Å². The quantitative estimate of drug-likeness (QED) is 0.742. The lowest BCUT2D eigenvalue weighted by Gasteiger charge is -2.09. The van der Waals surface area contributed by atoms with E-state index >= 15 is 0 Å². The van der Waals surface area contributed by atoms with Gasteiger partial charge in [0.15, 0.2) is 0 Å². The van der Waals surface area contributed by atoms with Gasteiger partial charge in [-0.05, 0) is 18.1 Å². The monoisotopic (exact) mass is 181 g/mol. The molecule has 1 unspecified atom stereocenters. The Kier molecular flexibility index (Phi) is 3.25. The molecule has 0 radical (unpaired) electrons. The van der Waals surface area contributed by atoms with E-state index in [4.69, 9.17) is 5.11 Å². The molecule has 0 aliphatic rings. The van der Waals surface area contributed by atoms with Crippen LogP contribution in [0.15, 0.2) is 12.3 Å². The van der Waals surface area contributed by atoms with E-state index in [1.54, 1.807) is 12.3 Å². The fourth-order valence-corrected chi connectivity index (χ4v) is 1.14. The van der Waals surface area contributed by atoms with Gasteiger partial charge in [-0.25, -0.2) is 0 Å². The van der Waals surface area contributed by atoms with Crippen LogP contribution in [0.5, 0.6) is 5.75 Å². The van der Waals surface area contributed by atoms with Crippen molar-refractivity contribution in [2.45, 2.75) is 26.2 Å². The normalized spacial score (nSPS) is 12.8. The van der Waals surface area contributed by atoms with E-state index in [1.807, 2.05) is 13.8 Å². The van der Waals surface area contributed by atoms with E-state index in [-0.39, 0.29) is 18.3 Å². The Hall–Kier alpha value is -1.09. The molecule has 0 amide bonds. The highest BCUT2D eigenvalue weighted by Crippen LogP contribution is 2.21. The first kappa shape index (κ1) is 9.99. The maximum absolute atomic E-state index is 9.49. The zero-order valence-corrected chi connectivity index (χ0v) is 7.99. The lowest BCUT2D eigenvalue weighted by molar-refractivity contribution is 0.272. The zero-order chi connectivity index (χ0) is 9.84.